The summed E-state index contributed by atoms with van der Waals surface area (Å²) in [5.41, 5.74) is 4.66. The van der Waals surface area contributed by atoms with Gasteiger partial charge in [0.2, 0.25) is 0 Å². The van der Waals surface area contributed by atoms with Gasteiger partial charge in [-0.1, -0.05) is 48.5 Å². The Hall–Kier alpha value is -2.66. The number of fused-ring (bicyclic) bond motifs is 4. The van der Waals surface area contributed by atoms with Gasteiger partial charge in [-0.25, -0.2) is 0 Å². The molecule has 0 spiro atoms. The molecule has 0 aliphatic carbocycles. The molecule has 5 rings (SSSR count). The second-order valence-corrected chi connectivity index (χ2v) is 7.81. The van der Waals surface area contributed by atoms with Gasteiger partial charge in [0.05, 0.1) is 12.1 Å². The number of nitrogens with one attached hydrogen (secondary N) is 1. The van der Waals surface area contributed by atoms with Gasteiger partial charge in [-0.05, 0) is 43.3 Å². The van der Waals surface area contributed by atoms with Crippen molar-refractivity contribution in [2.45, 2.75) is 38.4 Å². The number of carbonyl (C=O) groups excluding carboxylic acids is 1. The summed E-state index contributed by atoms with van der Waals surface area (Å²) in [5.74, 6) is 0.110. The van der Waals surface area contributed by atoms with Crippen molar-refractivity contribution in [2.24, 2.45) is 0 Å². The van der Waals surface area contributed by atoms with Crippen LogP contribution in [0.2, 0.25) is 0 Å². The summed E-state index contributed by atoms with van der Waals surface area (Å²) in [7, 11) is 0. The van der Waals surface area contributed by atoms with Gasteiger partial charge < -0.3 is 9.88 Å². The smallest absolute Gasteiger partial charge is 0.252 e. The third-order valence-electron chi connectivity index (χ3n) is 6.03. The molecular weight excluding hydrogens is 354 g/mol. The van der Waals surface area contributed by atoms with E-state index in [0.29, 0.717) is 11.5 Å². The molecule has 2 aromatic carbocycles. The molecule has 27 heavy (non-hydrogen) atoms. The van der Waals surface area contributed by atoms with E-state index in [-0.39, 0.29) is 24.0 Å². The SMILES string of the molecule is C[C@H](c1ccccc1)N1C(=O)[C@H]2Cc3c([nH]c4ccccc34)[C@H](C)N2C1=S. The monoisotopic (exact) mass is 375 g/mol. The number of thiocarbonyl (C=S) groups is 1. The number of rotatable bonds is 2. The number of H-pyrrole nitrogens is 1. The highest BCUT2D eigenvalue weighted by atomic mass is 32.1. The van der Waals surface area contributed by atoms with Gasteiger partial charge in [-0.3, -0.25) is 9.69 Å². The van der Waals surface area contributed by atoms with E-state index < -0.39 is 0 Å². The molecule has 0 radical (unpaired) electrons. The number of aromatic amines is 1. The van der Waals surface area contributed by atoms with Gasteiger partial charge in [0.1, 0.15) is 6.04 Å². The molecule has 2 aliphatic heterocycles. The summed E-state index contributed by atoms with van der Waals surface area (Å²) in [5, 5.41) is 1.85. The van der Waals surface area contributed by atoms with Crippen LogP contribution in [-0.4, -0.2) is 31.8 Å². The second kappa shape index (κ2) is 5.92. The van der Waals surface area contributed by atoms with Gasteiger partial charge in [-0.2, -0.15) is 0 Å². The third-order valence-corrected chi connectivity index (χ3v) is 6.44. The Labute approximate surface area is 163 Å². The summed E-state index contributed by atoms with van der Waals surface area (Å²) in [6.07, 6.45) is 0.695. The first kappa shape index (κ1) is 16.5. The molecule has 136 valence electrons. The summed E-state index contributed by atoms with van der Waals surface area (Å²) in [6.45, 7) is 4.19. The van der Waals surface area contributed by atoms with Crippen LogP contribution >= 0.6 is 12.2 Å². The van der Waals surface area contributed by atoms with Crippen LogP contribution < -0.4 is 0 Å². The van der Waals surface area contributed by atoms with Gasteiger partial charge in [0.15, 0.2) is 5.11 Å². The molecule has 2 aliphatic rings. The Morgan fingerprint density at radius 2 is 1.81 bits per heavy atom. The van der Waals surface area contributed by atoms with Crippen LogP contribution in [0.1, 0.15) is 42.8 Å². The fraction of sp³-hybridized carbons (Fsp3) is 0.273. The van der Waals surface area contributed by atoms with Gasteiger partial charge in [-0.15, -0.1) is 0 Å². The molecule has 0 unspecified atom stereocenters. The molecular formula is C22H21N3OS. The van der Waals surface area contributed by atoms with E-state index in [2.05, 4.69) is 54.1 Å². The van der Waals surface area contributed by atoms with E-state index in [1.165, 1.54) is 16.6 Å². The number of hydrogen-bond donors (Lipinski definition) is 1. The van der Waals surface area contributed by atoms with Crippen molar-refractivity contribution >= 4 is 34.1 Å². The zero-order valence-corrected chi connectivity index (χ0v) is 16.2. The van der Waals surface area contributed by atoms with Crippen LogP contribution in [-0.2, 0) is 11.2 Å². The maximum absolute atomic E-state index is 13.4. The van der Waals surface area contributed by atoms with Crippen LogP contribution in [0, 0.1) is 0 Å². The first-order valence-electron chi connectivity index (χ1n) is 9.37. The van der Waals surface area contributed by atoms with E-state index in [4.69, 9.17) is 12.2 Å². The molecule has 3 heterocycles. The minimum Gasteiger partial charge on any atom is -0.356 e. The molecule has 3 aromatic rings. The van der Waals surface area contributed by atoms with Crippen molar-refractivity contribution in [3.05, 3.63) is 71.4 Å². The fourth-order valence-electron chi connectivity index (χ4n) is 4.62. The minimum atomic E-state index is -0.217. The molecule has 4 nitrogen and oxygen atoms in total. The minimum absolute atomic E-state index is 0.0515. The van der Waals surface area contributed by atoms with Crippen molar-refractivity contribution in [3.8, 4) is 0 Å². The summed E-state index contributed by atoms with van der Waals surface area (Å²) in [4.78, 5) is 20.8. The van der Waals surface area contributed by atoms with E-state index >= 15 is 0 Å². The standard InChI is InChI=1S/C22H21N3OS/c1-13(15-8-4-3-5-9-15)25-21(26)19-12-17-16-10-6-7-11-18(16)23-20(17)14(2)24(19)22(25)27/h3-11,13-14,19,23H,12H2,1-2H3/t13-,14+,19-/m1/s1. The zero-order valence-electron chi connectivity index (χ0n) is 15.3. The lowest BCUT2D eigenvalue weighted by molar-refractivity contribution is -0.129. The van der Waals surface area contributed by atoms with E-state index in [0.717, 1.165) is 11.1 Å². The van der Waals surface area contributed by atoms with Crippen molar-refractivity contribution in [1.82, 2.24) is 14.8 Å². The van der Waals surface area contributed by atoms with Gasteiger partial charge >= 0.3 is 0 Å². The summed E-state index contributed by atoms with van der Waals surface area (Å²) < 4.78 is 0. The molecule has 1 amide bonds. The normalized spacial score (nSPS) is 22.9. The highest BCUT2D eigenvalue weighted by Gasteiger charge is 2.50. The van der Waals surface area contributed by atoms with Crippen molar-refractivity contribution in [1.29, 1.82) is 0 Å². The van der Waals surface area contributed by atoms with Crippen LogP contribution in [0.25, 0.3) is 10.9 Å². The van der Waals surface area contributed by atoms with Crippen LogP contribution in [0.15, 0.2) is 54.6 Å². The van der Waals surface area contributed by atoms with Crippen molar-refractivity contribution in [3.63, 3.8) is 0 Å². The fourth-order valence-corrected chi connectivity index (χ4v) is 5.15. The molecule has 3 atom stereocenters. The number of hydrogen-bond acceptors (Lipinski definition) is 2. The van der Waals surface area contributed by atoms with Crippen molar-refractivity contribution in [2.75, 3.05) is 0 Å². The Balaban J connectivity index is 1.55. The number of para-hydroxylation sites is 1. The molecule has 1 aromatic heterocycles. The highest BCUT2D eigenvalue weighted by molar-refractivity contribution is 7.80. The van der Waals surface area contributed by atoms with E-state index in [1.807, 2.05) is 24.3 Å². The van der Waals surface area contributed by atoms with Crippen LogP contribution in [0.4, 0.5) is 0 Å². The molecule has 1 fully saturated rings. The molecule has 1 N–H and O–H groups in total. The first-order valence-corrected chi connectivity index (χ1v) is 9.78. The lowest BCUT2D eigenvalue weighted by Gasteiger charge is -2.35. The molecule has 1 saturated heterocycles. The number of carbonyl (C=O) groups is 1. The average molecular weight is 375 g/mol. The number of benzene rings is 2. The highest BCUT2D eigenvalue weighted by Crippen LogP contribution is 2.42. The van der Waals surface area contributed by atoms with Crippen LogP contribution in [0.5, 0.6) is 0 Å². The Kier molecular flexibility index (Phi) is 3.62. The third kappa shape index (κ3) is 2.28. The lowest BCUT2D eigenvalue weighted by atomic mass is 9.93. The molecule has 0 saturated carbocycles. The van der Waals surface area contributed by atoms with Gasteiger partial charge in [0.25, 0.3) is 5.91 Å². The van der Waals surface area contributed by atoms with Crippen molar-refractivity contribution < 1.29 is 4.79 Å². The number of aromatic nitrogens is 1. The summed E-state index contributed by atoms with van der Waals surface area (Å²) >= 11 is 5.80. The Morgan fingerprint density at radius 1 is 1.11 bits per heavy atom. The topological polar surface area (TPSA) is 39.3 Å². The summed E-state index contributed by atoms with van der Waals surface area (Å²) in [6, 6.07) is 18.2. The Morgan fingerprint density at radius 3 is 2.59 bits per heavy atom. The first-order chi connectivity index (χ1) is 13.1. The number of amides is 1. The maximum Gasteiger partial charge on any atom is 0.252 e. The van der Waals surface area contributed by atoms with Crippen LogP contribution in [0.3, 0.4) is 0 Å². The van der Waals surface area contributed by atoms with E-state index in [9.17, 15) is 4.79 Å². The number of nitrogens with zero attached hydrogens (tertiary/aromatic N) is 2. The average Bonchev–Trinajstić information content (AvgIpc) is 3.18. The molecule has 5 heteroatoms. The Bertz CT molecular complexity index is 1060. The zero-order chi connectivity index (χ0) is 18.7. The predicted molar refractivity (Wildman–Crippen MR) is 110 cm³/mol. The second-order valence-electron chi connectivity index (χ2n) is 7.44. The quantitative estimate of drug-likeness (QED) is 0.677. The maximum atomic E-state index is 13.4. The predicted octanol–water partition coefficient (Wildman–Crippen LogP) is 4.34. The van der Waals surface area contributed by atoms with Gasteiger partial charge in [0, 0.05) is 23.0 Å². The lowest BCUT2D eigenvalue weighted by Crippen LogP contribution is -2.42. The van der Waals surface area contributed by atoms with E-state index in [1.54, 1.807) is 4.90 Å². The molecule has 0 bridgehead atoms. The largest absolute Gasteiger partial charge is 0.356 e.